The highest BCUT2D eigenvalue weighted by molar-refractivity contribution is 6.02. The summed E-state index contributed by atoms with van der Waals surface area (Å²) in [4.78, 5) is 37.5. The maximum Gasteiger partial charge on any atom is 0.257 e. The van der Waals surface area contributed by atoms with Gasteiger partial charge in [-0.1, -0.05) is 36.4 Å². The van der Waals surface area contributed by atoms with Crippen LogP contribution in [-0.4, -0.2) is 72.4 Å². The number of para-hydroxylation sites is 2. The Balaban J connectivity index is 1.25. The molecule has 0 atom stereocenters. The lowest BCUT2D eigenvalue weighted by Crippen LogP contribution is -2.50. The van der Waals surface area contributed by atoms with Gasteiger partial charge in [-0.15, -0.1) is 0 Å². The smallest absolute Gasteiger partial charge is 0.257 e. The van der Waals surface area contributed by atoms with Crippen molar-refractivity contribution in [1.29, 1.82) is 0 Å². The van der Waals surface area contributed by atoms with E-state index in [0.717, 1.165) is 59.5 Å². The maximum atomic E-state index is 13.6. The number of benzene rings is 2. The van der Waals surface area contributed by atoms with Crippen LogP contribution in [0.2, 0.25) is 0 Å². The Kier molecular flexibility index (Phi) is 6.68. The number of piperazine rings is 1. The lowest BCUT2D eigenvalue weighted by molar-refractivity contribution is -0.117. The summed E-state index contributed by atoms with van der Waals surface area (Å²) in [7, 11) is 0. The number of pyridine rings is 1. The fourth-order valence-electron chi connectivity index (χ4n) is 5.11. The van der Waals surface area contributed by atoms with Crippen molar-refractivity contribution in [2.45, 2.75) is 26.7 Å². The molecule has 0 unspecified atom stereocenters. The van der Waals surface area contributed by atoms with Crippen molar-refractivity contribution in [3.8, 4) is 0 Å². The third-order valence-electron chi connectivity index (χ3n) is 7.11. The fourth-order valence-corrected chi connectivity index (χ4v) is 5.11. The number of hydrogen-bond donors (Lipinski definition) is 1. The van der Waals surface area contributed by atoms with Gasteiger partial charge in [-0.05, 0) is 49.9 Å². The van der Waals surface area contributed by atoms with Gasteiger partial charge in [0.25, 0.3) is 5.91 Å². The number of carbonyl (C=O) groups is 2. The Hall–Kier alpha value is -3.45. The van der Waals surface area contributed by atoms with E-state index in [1.807, 2.05) is 67.3 Å². The summed E-state index contributed by atoms with van der Waals surface area (Å²) >= 11 is 0. The molecule has 1 aromatic heterocycles. The molecule has 3 heterocycles. The van der Waals surface area contributed by atoms with Crippen LogP contribution in [0.4, 0.5) is 11.5 Å². The Morgan fingerprint density at radius 2 is 1.57 bits per heavy atom. The number of carbonyl (C=O) groups excluding carboxylic acids is 2. The average Bonchev–Trinajstić information content (AvgIpc) is 3.41. The van der Waals surface area contributed by atoms with Crippen molar-refractivity contribution in [3.05, 3.63) is 65.2 Å². The molecule has 2 saturated heterocycles. The first-order chi connectivity index (χ1) is 17.0. The zero-order valence-electron chi connectivity index (χ0n) is 20.6. The van der Waals surface area contributed by atoms with Crippen LogP contribution < -0.4 is 10.2 Å². The molecule has 0 bridgehead atoms. The normalized spacial score (nSPS) is 16.6. The van der Waals surface area contributed by atoms with Crippen molar-refractivity contribution in [1.82, 2.24) is 14.8 Å². The van der Waals surface area contributed by atoms with Gasteiger partial charge in [0.1, 0.15) is 5.82 Å². The van der Waals surface area contributed by atoms with Gasteiger partial charge in [-0.2, -0.15) is 0 Å². The molecule has 0 aliphatic carbocycles. The number of fused-ring (bicyclic) bond motifs is 1. The van der Waals surface area contributed by atoms with Crippen molar-refractivity contribution in [2.75, 3.05) is 56.0 Å². The van der Waals surface area contributed by atoms with Crippen LogP contribution in [0.25, 0.3) is 10.9 Å². The van der Waals surface area contributed by atoms with E-state index in [-0.39, 0.29) is 11.8 Å². The minimum atomic E-state index is -0.0165. The highest BCUT2D eigenvalue weighted by Gasteiger charge is 2.28. The first-order valence-corrected chi connectivity index (χ1v) is 12.5. The summed E-state index contributed by atoms with van der Waals surface area (Å²) in [5.41, 5.74) is 4.63. The maximum absolute atomic E-state index is 13.6. The van der Waals surface area contributed by atoms with Gasteiger partial charge in [0.05, 0.1) is 17.6 Å². The molecule has 0 saturated carbocycles. The number of amides is 2. The van der Waals surface area contributed by atoms with E-state index in [4.69, 9.17) is 4.98 Å². The van der Waals surface area contributed by atoms with Crippen LogP contribution in [0.5, 0.6) is 0 Å². The number of nitrogens with one attached hydrogen (secondary N) is 1. The Morgan fingerprint density at radius 1 is 0.886 bits per heavy atom. The lowest BCUT2D eigenvalue weighted by atomic mass is 10.1. The van der Waals surface area contributed by atoms with Gasteiger partial charge in [0.2, 0.25) is 5.91 Å². The van der Waals surface area contributed by atoms with Gasteiger partial charge >= 0.3 is 0 Å². The lowest BCUT2D eigenvalue weighted by Gasteiger charge is -2.35. The van der Waals surface area contributed by atoms with Crippen LogP contribution in [0.3, 0.4) is 0 Å². The molecule has 7 heteroatoms. The Bertz CT molecular complexity index is 1220. The number of aromatic nitrogens is 1. The average molecular weight is 472 g/mol. The fraction of sp³-hybridized carbons (Fsp3) is 0.393. The largest absolute Gasteiger partial charge is 0.356 e. The van der Waals surface area contributed by atoms with E-state index in [0.29, 0.717) is 38.3 Å². The molecule has 182 valence electrons. The second-order valence-electron chi connectivity index (χ2n) is 9.63. The molecule has 2 aliphatic rings. The number of anilines is 2. The quantitative estimate of drug-likeness (QED) is 0.612. The second kappa shape index (κ2) is 10.0. The van der Waals surface area contributed by atoms with Crippen LogP contribution >= 0.6 is 0 Å². The minimum absolute atomic E-state index is 0.0165. The molecule has 1 N–H and O–H groups in total. The highest BCUT2D eigenvalue weighted by atomic mass is 16.2. The van der Waals surface area contributed by atoms with E-state index < -0.39 is 0 Å². The molecule has 35 heavy (non-hydrogen) atoms. The van der Waals surface area contributed by atoms with Crippen LogP contribution in [0, 0.1) is 13.8 Å². The van der Waals surface area contributed by atoms with Gasteiger partial charge in [0, 0.05) is 50.3 Å². The van der Waals surface area contributed by atoms with Crippen LogP contribution in [0.15, 0.2) is 48.5 Å². The Labute approximate surface area is 206 Å². The first kappa shape index (κ1) is 23.3. The van der Waals surface area contributed by atoms with E-state index in [1.54, 1.807) is 0 Å². The number of rotatable bonds is 5. The van der Waals surface area contributed by atoms with Gasteiger partial charge < -0.3 is 15.1 Å². The predicted octanol–water partition coefficient (Wildman–Crippen LogP) is 3.85. The number of nitrogens with zero attached hydrogens (tertiary/aromatic N) is 4. The van der Waals surface area contributed by atoms with E-state index >= 15 is 0 Å². The molecule has 2 aromatic carbocycles. The number of aryl methyl sites for hydroxylation is 2. The van der Waals surface area contributed by atoms with Crippen molar-refractivity contribution >= 4 is 34.2 Å². The van der Waals surface area contributed by atoms with E-state index in [1.165, 1.54) is 0 Å². The molecule has 7 nitrogen and oxygen atoms in total. The summed E-state index contributed by atoms with van der Waals surface area (Å²) in [6.45, 7) is 8.76. The monoisotopic (exact) mass is 471 g/mol. The molecule has 2 fully saturated rings. The zero-order valence-corrected chi connectivity index (χ0v) is 20.6. The molecular weight excluding hydrogens is 438 g/mol. The van der Waals surface area contributed by atoms with E-state index in [9.17, 15) is 9.59 Å². The van der Waals surface area contributed by atoms with Crippen molar-refractivity contribution in [3.63, 3.8) is 0 Å². The minimum Gasteiger partial charge on any atom is -0.356 e. The Morgan fingerprint density at radius 3 is 2.29 bits per heavy atom. The van der Waals surface area contributed by atoms with Crippen molar-refractivity contribution in [2.24, 2.45) is 0 Å². The third-order valence-corrected chi connectivity index (χ3v) is 7.11. The summed E-state index contributed by atoms with van der Waals surface area (Å²) < 4.78 is 0. The van der Waals surface area contributed by atoms with Crippen LogP contribution in [-0.2, 0) is 4.79 Å². The molecule has 2 amide bonds. The zero-order chi connectivity index (χ0) is 24.4. The number of hydrogen-bond acceptors (Lipinski definition) is 5. The summed E-state index contributed by atoms with van der Waals surface area (Å²) in [6.07, 6.45) is 2.26. The SMILES string of the molecule is Cc1cccc(C)c1NC(=O)CN1CCN(C(=O)c2cc3ccccc3nc2N2CCCC2)CC1. The molecule has 5 rings (SSSR count). The standard InChI is InChI=1S/C28H33N5O2/c1-20-8-7-9-21(2)26(20)30-25(34)19-31-14-16-33(17-15-31)28(35)23-18-22-10-3-4-11-24(22)29-27(23)32-12-5-6-13-32/h3-4,7-11,18H,5-6,12-17,19H2,1-2H3,(H,30,34). The molecule has 3 aromatic rings. The van der Waals surface area contributed by atoms with Crippen molar-refractivity contribution < 1.29 is 9.59 Å². The first-order valence-electron chi connectivity index (χ1n) is 12.5. The molecule has 0 spiro atoms. The summed E-state index contributed by atoms with van der Waals surface area (Å²) in [5, 5.41) is 4.05. The molecule has 0 radical (unpaired) electrons. The van der Waals surface area contributed by atoms with Gasteiger partial charge in [0.15, 0.2) is 0 Å². The van der Waals surface area contributed by atoms with Gasteiger partial charge in [-0.3, -0.25) is 14.5 Å². The van der Waals surface area contributed by atoms with Crippen LogP contribution in [0.1, 0.15) is 34.3 Å². The topological polar surface area (TPSA) is 68.8 Å². The molecular formula is C28H33N5O2. The second-order valence-corrected chi connectivity index (χ2v) is 9.63. The highest BCUT2D eigenvalue weighted by Crippen LogP contribution is 2.28. The predicted molar refractivity (Wildman–Crippen MR) is 140 cm³/mol. The van der Waals surface area contributed by atoms with Gasteiger partial charge in [-0.25, -0.2) is 4.98 Å². The van der Waals surface area contributed by atoms with E-state index in [2.05, 4.69) is 15.1 Å². The summed E-state index contributed by atoms with van der Waals surface area (Å²) in [6, 6.07) is 16.0. The summed E-state index contributed by atoms with van der Waals surface area (Å²) in [5.74, 6) is 0.823. The molecule has 2 aliphatic heterocycles. The third kappa shape index (κ3) is 5.00.